The fourth-order valence-electron chi connectivity index (χ4n) is 2.76. The number of rotatable bonds is 2. The fourth-order valence-corrected chi connectivity index (χ4v) is 2.76. The molecular weight excluding hydrogens is 346 g/mol. The molecule has 3 amide bonds. The molecule has 0 spiro atoms. The van der Waals surface area contributed by atoms with Crippen LogP contribution in [-0.2, 0) is 19.8 Å². The SMILES string of the molecule is CC(=O)N1CC(=O)NC(=Cc2nc(-c3ccccc3)oc2C(C)(C)C)C1=O. The van der Waals surface area contributed by atoms with Gasteiger partial charge in [0, 0.05) is 17.9 Å². The van der Waals surface area contributed by atoms with E-state index in [4.69, 9.17) is 4.42 Å². The van der Waals surface area contributed by atoms with Crippen molar-refractivity contribution in [2.45, 2.75) is 33.1 Å². The van der Waals surface area contributed by atoms with Gasteiger partial charge in [0.05, 0.1) is 0 Å². The normalized spacial score (nSPS) is 16.6. The van der Waals surface area contributed by atoms with Gasteiger partial charge in [-0.15, -0.1) is 0 Å². The first-order chi connectivity index (χ1) is 12.7. The van der Waals surface area contributed by atoms with Crippen LogP contribution in [-0.4, -0.2) is 34.2 Å². The van der Waals surface area contributed by atoms with Crippen LogP contribution in [0.2, 0.25) is 0 Å². The molecule has 0 bridgehead atoms. The maximum absolute atomic E-state index is 12.5. The van der Waals surface area contributed by atoms with E-state index < -0.39 is 17.7 Å². The number of benzene rings is 1. The van der Waals surface area contributed by atoms with Gasteiger partial charge < -0.3 is 9.73 Å². The van der Waals surface area contributed by atoms with Gasteiger partial charge in [-0.3, -0.25) is 19.3 Å². The van der Waals surface area contributed by atoms with E-state index in [1.807, 2.05) is 51.1 Å². The van der Waals surface area contributed by atoms with Crippen LogP contribution < -0.4 is 5.32 Å². The van der Waals surface area contributed by atoms with Gasteiger partial charge in [-0.25, -0.2) is 4.98 Å². The van der Waals surface area contributed by atoms with Crippen molar-refractivity contribution in [1.29, 1.82) is 0 Å². The van der Waals surface area contributed by atoms with Crippen molar-refractivity contribution in [3.8, 4) is 11.5 Å². The zero-order valence-corrected chi connectivity index (χ0v) is 15.7. The molecule has 2 heterocycles. The Hall–Kier alpha value is -3.22. The maximum atomic E-state index is 12.5. The molecule has 2 aromatic rings. The van der Waals surface area contributed by atoms with Crippen LogP contribution in [0.1, 0.15) is 39.1 Å². The van der Waals surface area contributed by atoms with Crippen molar-refractivity contribution in [2.75, 3.05) is 6.54 Å². The lowest BCUT2D eigenvalue weighted by Gasteiger charge is -2.25. The summed E-state index contributed by atoms with van der Waals surface area (Å²) in [7, 11) is 0. The van der Waals surface area contributed by atoms with Gasteiger partial charge >= 0.3 is 0 Å². The summed E-state index contributed by atoms with van der Waals surface area (Å²) in [6, 6.07) is 9.40. The summed E-state index contributed by atoms with van der Waals surface area (Å²) in [5.74, 6) is -0.477. The number of hydrogen-bond donors (Lipinski definition) is 1. The highest BCUT2D eigenvalue weighted by molar-refractivity contribution is 6.12. The van der Waals surface area contributed by atoms with E-state index in [0.29, 0.717) is 17.3 Å². The highest BCUT2D eigenvalue weighted by Gasteiger charge is 2.32. The summed E-state index contributed by atoms with van der Waals surface area (Å²) in [5, 5.41) is 2.52. The minimum Gasteiger partial charge on any atom is -0.440 e. The molecule has 0 saturated carbocycles. The lowest BCUT2D eigenvalue weighted by atomic mass is 9.91. The quantitative estimate of drug-likeness (QED) is 0.823. The summed E-state index contributed by atoms with van der Waals surface area (Å²) in [6.45, 7) is 6.86. The summed E-state index contributed by atoms with van der Waals surface area (Å²) in [5.41, 5.74) is 0.862. The Bertz CT molecular complexity index is 936. The molecule has 0 unspecified atom stereocenters. The first-order valence-electron chi connectivity index (χ1n) is 8.57. The van der Waals surface area contributed by atoms with Crippen LogP contribution in [0.25, 0.3) is 17.5 Å². The number of piperazine rings is 1. The van der Waals surface area contributed by atoms with E-state index in [2.05, 4.69) is 10.3 Å². The number of amides is 3. The second-order valence-electron chi connectivity index (χ2n) is 7.37. The topological polar surface area (TPSA) is 92.5 Å². The number of aromatic nitrogens is 1. The van der Waals surface area contributed by atoms with Gasteiger partial charge in [0.15, 0.2) is 0 Å². The number of oxazole rings is 1. The Morgan fingerprint density at radius 1 is 1.22 bits per heavy atom. The Balaban J connectivity index is 2.09. The first-order valence-corrected chi connectivity index (χ1v) is 8.57. The molecule has 1 saturated heterocycles. The Morgan fingerprint density at radius 3 is 2.48 bits per heavy atom. The minimum absolute atomic E-state index is 0.000128. The van der Waals surface area contributed by atoms with Crippen molar-refractivity contribution < 1.29 is 18.8 Å². The zero-order chi connectivity index (χ0) is 19.8. The molecule has 1 fully saturated rings. The Kier molecular flexibility index (Phi) is 4.70. The smallest absolute Gasteiger partial charge is 0.277 e. The van der Waals surface area contributed by atoms with Crippen molar-refractivity contribution in [1.82, 2.24) is 15.2 Å². The van der Waals surface area contributed by atoms with E-state index >= 15 is 0 Å². The highest BCUT2D eigenvalue weighted by atomic mass is 16.4. The first kappa shape index (κ1) is 18.6. The molecule has 1 aromatic carbocycles. The molecule has 1 N–H and O–H groups in total. The molecule has 140 valence electrons. The van der Waals surface area contributed by atoms with E-state index in [1.54, 1.807) is 0 Å². The molecular formula is C20H21N3O4. The van der Waals surface area contributed by atoms with Gasteiger partial charge in [-0.2, -0.15) is 0 Å². The predicted molar refractivity (Wildman–Crippen MR) is 99.2 cm³/mol. The largest absolute Gasteiger partial charge is 0.440 e. The molecule has 1 aromatic heterocycles. The van der Waals surface area contributed by atoms with Crippen LogP contribution in [0, 0.1) is 0 Å². The van der Waals surface area contributed by atoms with Gasteiger partial charge in [-0.1, -0.05) is 39.0 Å². The van der Waals surface area contributed by atoms with E-state index in [1.165, 1.54) is 13.0 Å². The van der Waals surface area contributed by atoms with Gasteiger partial charge in [0.25, 0.3) is 5.91 Å². The third-order valence-electron chi connectivity index (χ3n) is 4.07. The fraction of sp³-hybridized carbons (Fsp3) is 0.300. The molecule has 3 rings (SSSR count). The van der Waals surface area contributed by atoms with Crippen LogP contribution in [0.15, 0.2) is 40.4 Å². The number of nitrogens with one attached hydrogen (secondary N) is 1. The molecule has 7 nitrogen and oxygen atoms in total. The monoisotopic (exact) mass is 367 g/mol. The standard InChI is InChI=1S/C20H21N3O4/c1-12(24)23-11-16(25)21-15(19(23)26)10-14-17(20(2,3)4)27-18(22-14)13-8-6-5-7-9-13/h5-10H,11H2,1-4H3,(H,21,25). The van der Waals surface area contributed by atoms with Crippen LogP contribution in [0.3, 0.4) is 0 Å². The van der Waals surface area contributed by atoms with Crippen molar-refractivity contribution >= 4 is 23.8 Å². The van der Waals surface area contributed by atoms with Gasteiger partial charge in [0.1, 0.15) is 23.7 Å². The molecule has 0 radical (unpaired) electrons. The molecule has 27 heavy (non-hydrogen) atoms. The molecule has 1 aliphatic rings. The van der Waals surface area contributed by atoms with Crippen molar-refractivity contribution in [3.63, 3.8) is 0 Å². The average Bonchev–Trinajstić information content (AvgIpc) is 3.02. The van der Waals surface area contributed by atoms with Crippen molar-refractivity contribution in [2.24, 2.45) is 0 Å². The van der Waals surface area contributed by atoms with E-state index in [0.717, 1.165) is 10.5 Å². The van der Waals surface area contributed by atoms with E-state index in [9.17, 15) is 14.4 Å². The summed E-state index contributed by atoms with van der Waals surface area (Å²) < 4.78 is 5.98. The number of hydrogen-bond acceptors (Lipinski definition) is 5. The Labute approximate surface area is 157 Å². The van der Waals surface area contributed by atoms with Crippen LogP contribution >= 0.6 is 0 Å². The molecule has 1 aliphatic heterocycles. The third kappa shape index (κ3) is 3.81. The maximum Gasteiger partial charge on any atom is 0.277 e. The second-order valence-corrected chi connectivity index (χ2v) is 7.37. The zero-order valence-electron chi connectivity index (χ0n) is 15.7. The molecule has 7 heteroatoms. The van der Waals surface area contributed by atoms with Gasteiger partial charge in [-0.05, 0) is 18.2 Å². The molecule has 0 atom stereocenters. The number of carbonyl (C=O) groups is 3. The van der Waals surface area contributed by atoms with Crippen LogP contribution in [0.5, 0.6) is 0 Å². The van der Waals surface area contributed by atoms with E-state index in [-0.39, 0.29) is 17.7 Å². The number of nitrogens with zero attached hydrogens (tertiary/aromatic N) is 2. The predicted octanol–water partition coefficient (Wildman–Crippen LogP) is 2.48. The highest BCUT2D eigenvalue weighted by Crippen LogP contribution is 2.32. The minimum atomic E-state index is -0.564. The average molecular weight is 367 g/mol. The Morgan fingerprint density at radius 2 is 1.89 bits per heavy atom. The third-order valence-corrected chi connectivity index (χ3v) is 4.07. The number of imide groups is 1. The lowest BCUT2D eigenvalue weighted by molar-refractivity contribution is -0.147. The lowest BCUT2D eigenvalue weighted by Crippen LogP contribution is -2.51. The van der Waals surface area contributed by atoms with Gasteiger partial charge in [0.2, 0.25) is 17.7 Å². The molecule has 0 aliphatic carbocycles. The number of carbonyl (C=O) groups excluding carboxylic acids is 3. The second kappa shape index (κ2) is 6.83. The van der Waals surface area contributed by atoms with Crippen molar-refractivity contribution in [3.05, 3.63) is 47.5 Å². The summed E-state index contributed by atoms with van der Waals surface area (Å²) in [6.07, 6.45) is 1.46. The summed E-state index contributed by atoms with van der Waals surface area (Å²) in [4.78, 5) is 41.5. The van der Waals surface area contributed by atoms with Crippen LogP contribution in [0.4, 0.5) is 0 Å². The summed E-state index contributed by atoms with van der Waals surface area (Å²) >= 11 is 0.